The molecule has 3 aromatic heterocycles. The van der Waals surface area contributed by atoms with Crippen LogP contribution < -0.4 is 16.2 Å². The number of para-hydroxylation sites is 1. The zero-order chi connectivity index (χ0) is 24.6. The molecule has 36 heavy (non-hydrogen) atoms. The van der Waals surface area contributed by atoms with Gasteiger partial charge in [0.25, 0.3) is 0 Å². The predicted octanol–water partition coefficient (Wildman–Crippen LogP) is 5.25. The highest BCUT2D eigenvalue weighted by molar-refractivity contribution is 6.00. The average molecular weight is 484 g/mol. The van der Waals surface area contributed by atoms with Crippen molar-refractivity contribution in [1.29, 1.82) is 0 Å². The quantitative estimate of drug-likeness (QED) is 0.351. The van der Waals surface area contributed by atoms with Crippen molar-refractivity contribution < 1.29 is 9.13 Å². The number of pyridine rings is 1. The van der Waals surface area contributed by atoms with Gasteiger partial charge in [-0.05, 0) is 62.4 Å². The first-order valence-electron chi connectivity index (χ1n) is 12.1. The van der Waals surface area contributed by atoms with E-state index in [1.807, 2.05) is 41.1 Å². The van der Waals surface area contributed by atoms with E-state index >= 15 is 4.39 Å². The third kappa shape index (κ3) is 3.91. The molecule has 5 aromatic rings. The molecule has 1 aliphatic rings. The summed E-state index contributed by atoms with van der Waals surface area (Å²) in [5.41, 5.74) is 13.7. The van der Waals surface area contributed by atoms with Gasteiger partial charge in [0.1, 0.15) is 29.1 Å². The molecule has 6 rings (SSSR count). The molecule has 0 unspecified atom stereocenters. The van der Waals surface area contributed by atoms with Crippen molar-refractivity contribution in [3.63, 3.8) is 0 Å². The molecule has 4 N–H and O–H groups in total. The normalized spacial score (nSPS) is 18.1. The fraction of sp³-hybridized carbons (Fsp3) is 0.259. The van der Waals surface area contributed by atoms with Gasteiger partial charge >= 0.3 is 0 Å². The summed E-state index contributed by atoms with van der Waals surface area (Å²) >= 11 is 0. The number of nitrogen functional groups attached to an aromatic ring is 1. The van der Waals surface area contributed by atoms with E-state index in [2.05, 4.69) is 15.0 Å². The zero-order valence-electron chi connectivity index (χ0n) is 19.6. The minimum Gasteiger partial charge on any atom is -0.439 e. The zero-order valence-corrected chi connectivity index (χ0v) is 19.6. The standard InChI is InChI=1S/C27H26FN7O/c28-23-20(12-8-17-9-13-21(33-24(17)23)36-19-4-2-1-3-5-19)25-22-26(30)31-15-32-27(22)35(34-25)18-10-6-16(14-29)7-11-18/h1-5,8-9,12-13,15-16,18H,6-7,10-11,14,29H2,(H2,30,31,32). The Morgan fingerprint density at radius 3 is 2.53 bits per heavy atom. The Morgan fingerprint density at radius 1 is 0.972 bits per heavy atom. The number of nitrogens with two attached hydrogens (primary N) is 2. The van der Waals surface area contributed by atoms with E-state index in [1.165, 1.54) is 6.33 Å². The number of rotatable bonds is 5. The molecule has 1 saturated carbocycles. The van der Waals surface area contributed by atoms with Crippen LogP contribution in [0.4, 0.5) is 10.2 Å². The van der Waals surface area contributed by atoms with Gasteiger partial charge < -0.3 is 16.2 Å². The lowest BCUT2D eigenvalue weighted by molar-refractivity contribution is 0.269. The number of fused-ring (bicyclic) bond motifs is 2. The van der Waals surface area contributed by atoms with Gasteiger partial charge in [-0.15, -0.1) is 0 Å². The summed E-state index contributed by atoms with van der Waals surface area (Å²) in [6.45, 7) is 0.693. The first kappa shape index (κ1) is 22.4. The van der Waals surface area contributed by atoms with Crippen molar-refractivity contribution in [2.75, 3.05) is 12.3 Å². The third-order valence-electron chi connectivity index (χ3n) is 7.01. The Balaban J connectivity index is 1.45. The van der Waals surface area contributed by atoms with Crippen LogP contribution in [-0.2, 0) is 0 Å². The van der Waals surface area contributed by atoms with Gasteiger partial charge in [-0.1, -0.05) is 24.3 Å². The van der Waals surface area contributed by atoms with E-state index < -0.39 is 5.82 Å². The van der Waals surface area contributed by atoms with Crippen LogP contribution in [0.2, 0.25) is 0 Å². The monoisotopic (exact) mass is 483 g/mol. The Bertz CT molecular complexity index is 1540. The van der Waals surface area contributed by atoms with E-state index in [4.69, 9.17) is 21.3 Å². The summed E-state index contributed by atoms with van der Waals surface area (Å²) in [6.07, 6.45) is 5.35. The highest BCUT2D eigenvalue weighted by atomic mass is 19.1. The maximum absolute atomic E-state index is 16.0. The number of nitrogens with zero attached hydrogens (tertiary/aromatic N) is 5. The number of anilines is 1. The van der Waals surface area contributed by atoms with Crippen LogP contribution in [0, 0.1) is 11.7 Å². The van der Waals surface area contributed by atoms with Crippen molar-refractivity contribution in [3.05, 3.63) is 66.7 Å². The van der Waals surface area contributed by atoms with Crippen LogP contribution in [0.5, 0.6) is 11.6 Å². The van der Waals surface area contributed by atoms with Gasteiger partial charge in [-0.2, -0.15) is 5.10 Å². The Hall–Kier alpha value is -4.11. The Kier molecular flexibility index (Phi) is 5.69. The second-order valence-electron chi connectivity index (χ2n) is 9.22. The van der Waals surface area contributed by atoms with Crippen molar-refractivity contribution in [2.45, 2.75) is 31.7 Å². The van der Waals surface area contributed by atoms with Crippen molar-refractivity contribution >= 4 is 27.8 Å². The first-order chi connectivity index (χ1) is 17.6. The molecule has 0 atom stereocenters. The smallest absolute Gasteiger partial charge is 0.219 e. The van der Waals surface area contributed by atoms with E-state index in [0.717, 1.165) is 25.7 Å². The number of benzene rings is 2. The molecule has 2 aromatic carbocycles. The number of halogens is 1. The van der Waals surface area contributed by atoms with Gasteiger partial charge in [-0.25, -0.2) is 24.0 Å². The van der Waals surface area contributed by atoms with E-state index in [-0.39, 0.29) is 17.4 Å². The molecule has 9 heteroatoms. The number of hydrogen-bond acceptors (Lipinski definition) is 7. The van der Waals surface area contributed by atoms with Crippen LogP contribution in [0.3, 0.4) is 0 Å². The molecule has 1 aliphatic carbocycles. The second-order valence-corrected chi connectivity index (χ2v) is 9.22. The molecule has 8 nitrogen and oxygen atoms in total. The first-order valence-corrected chi connectivity index (χ1v) is 12.1. The SMILES string of the molecule is NCC1CCC(n2nc(-c3ccc4ccc(Oc5ccccc5)nc4c3F)c3c(N)ncnc32)CC1. The maximum Gasteiger partial charge on any atom is 0.219 e. The lowest BCUT2D eigenvalue weighted by Crippen LogP contribution is -2.24. The van der Waals surface area contributed by atoms with Crippen LogP contribution in [0.15, 0.2) is 60.9 Å². The molecular formula is C27H26FN7O. The third-order valence-corrected chi connectivity index (χ3v) is 7.01. The Morgan fingerprint density at radius 2 is 1.75 bits per heavy atom. The molecule has 1 fully saturated rings. The summed E-state index contributed by atoms with van der Waals surface area (Å²) in [4.78, 5) is 13.1. The summed E-state index contributed by atoms with van der Waals surface area (Å²) in [7, 11) is 0. The van der Waals surface area contributed by atoms with Gasteiger partial charge in [-0.3, -0.25) is 0 Å². The number of hydrogen-bond donors (Lipinski definition) is 2. The summed E-state index contributed by atoms with van der Waals surface area (Å²) in [6, 6.07) is 16.5. The van der Waals surface area contributed by atoms with Gasteiger partial charge in [0.15, 0.2) is 11.5 Å². The van der Waals surface area contributed by atoms with Crippen LogP contribution in [-0.4, -0.2) is 31.3 Å². The lowest BCUT2D eigenvalue weighted by atomic mass is 9.86. The molecule has 0 aliphatic heterocycles. The van der Waals surface area contributed by atoms with Crippen molar-refractivity contribution in [3.8, 4) is 22.9 Å². The topological polar surface area (TPSA) is 118 Å². The van der Waals surface area contributed by atoms with E-state index in [1.54, 1.807) is 18.2 Å². The molecular weight excluding hydrogens is 457 g/mol. The molecule has 0 radical (unpaired) electrons. The summed E-state index contributed by atoms with van der Waals surface area (Å²) in [5.74, 6) is 1.23. The maximum atomic E-state index is 16.0. The molecule has 0 spiro atoms. The van der Waals surface area contributed by atoms with Gasteiger partial charge in [0, 0.05) is 17.0 Å². The largest absolute Gasteiger partial charge is 0.439 e. The highest BCUT2D eigenvalue weighted by Crippen LogP contribution is 2.39. The predicted molar refractivity (Wildman–Crippen MR) is 137 cm³/mol. The van der Waals surface area contributed by atoms with Crippen LogP contribution in [0.25, 0.3) is 33.2 Å². The van der Waals surface area contributed by atoms with E-state index in [0.29, 0.717) is 51.8 Å². The average Bonchev–Trinajstić information content (AvgIpc) is 3.30. The summed E-state index contributed by atoms with van der Waals surface area (Å²) in [5, 5.41) is 6.06. The molecule has 0 amide bonds. The fourth-order valence-electron chi connectivity index (χ4n) is 5.05. The van der Waals surface area contributed by atoms with Crippen LogP contribution >= 0.6 is 0 Å². The number of ether oxygens (including phenoxy) is 1. The van der Waals surface area contributed by atoms with Gasteiger partial charge in [0.2, 0.25) is 5.88 Å². The molecule has 3 heterocycles. The number of aromatic nitrogens is 5. The van der Waals surface area contributed by atoms with Crippen molar-refractivity contribution in [1.82, 2.24) is 24.7 Å². The van der Waals surface area contributed by atoms with Crippen LogP contribution in [0.1, 0.15) is 31.7 Å². The Labute approximate surface area is 207 Å². The minimum atomic E-state index is -0.493. The van der Waals surface area contributed by atoms with Gasteiger partial charge in [0.05, 0.1) is 11.4 Å². The molecule has 182 valence electrons. The fourth-order valence-corrected chi connectivity index (χ4v) is 5.05. The van der Waals surface area contributed by atoms with E-state index in [9.17, 15) is 0 Å². The lowest BCUT2D eigenvalue weighted by Gasteiger charge is -2.27. The molecule has 0 saturated heterocycles. The van der Waals surface area contributed by atoms with Crippen molar-refractivity contribution in [2.24, 2.45) is 11.7 Å². The molecule has 0 bridgehead atoms. The summed E-state index contributed by atoms with van der Waals surface area (Å²) < 4.78 is 23.7. The minimum absolute atomic E-state index is 0.144. The second kappa shape index (κ2) is 9.16. The highest BCUT2D eigenvalue weighted by Gasteiger charge is 2.27.